The van der Waals surface area contributed by atoms with Crippen LogP contribution in [-0.2, 0) is 4.79 Å². The molecule has 8 heteroatoms. The molecule has 2 aromatic carbocycles. The van der Waals surface area contributed by atoms with Gasteiger partial charge in [0, 0.05) is 5.56 Å². The second kappa shape index (κ2) is 9.33. The van der Waals surface area contributed by atoms with Gasteiger partial charge >= 0.3 is 6.61 Å². The molecule has 0 saturated carbocycles. The van der Waals surface area contributed by atoms with Crippen molar-refractivity contribution >= 4 is 17.8 Å². The highest BCUT2D eigenvalue weighted by molar-refractivity contribution is 6.07. The Hall–Kier alpha value is -3.42. The molecule has 0 atom stereocenters. The summed E-state index contributed by atoms with van der Waals surface area (Å²) >= 11 is 0. The predicted octanol–water partition coefficient (Wildman–Crippen LogP) is 2.32. The van der Waals surface area contributed by atoms with Crippen molar-refractivity contribution in [1.82, 2.24) is 0 Å². The largest absolute Gasteiger partial charge is 0.546 e. The summed E-state index contributed by atoms with van der Waals surface area (Å²) in [5, 5.41) is 10.4. The van der Waals surface area contributed by atoms with E-state index in [-0.39, 0.29) is 28.6 Å². The Morgan fingerprint density at radius 2 is 1.93 bits per heavy atom. The molecule has 0 aliphatic carbocycles. The van der Waals surface area contributed by atoms with Gasteiger partial charge in [0.25, 0.3) is 0 Å². The molecule has 0 heterocycles. The van der Waals surface area contributed by atoms with Crippen molar-refractivity contribution in [2.75, 3.05) is 13.7 Å². The Morgan fingerprint density at radius 3 is 2.59 bits per heavy atom. The molecule has 0 aromatic heterocycles. The highest BCUT2D eigenvalue weighted by Gasteiger charge is 2.11. The summed E-state index contributed by atoms with van der Waals surface area (Å²) in [7, 11) is 1.32. The lowest BCUT2D eigenvalue weighted by molar-refractivity contribution is -0.307. The van der Waals surface area contributed by atoms with E-state index in [9.17, 15) is 23.5 Å². The lowest BCUT2D eigenvalue weighted by Gasteiger charge is -2.10. The van der Waals surface area contributed by atoms with Crippen LogP contribution in [-0.4, -0.2) is 32.1 Å². The molecule has 0 aliphatic heterocycles. The molecule has 0 radical (unpaired) electrons. The number of methoxy groups -OCH3 is 1. The zero-order valence-corrected chi connectivity index (χ0v) is 14.2. The molecule has 0 saturated heterocycles. The smallest absolute Gasteiger partial charge is 0.387 e. The van der Waals surface area contributed by atoms with Crippen molar-refractivity contribution in [2.45, 2.75) is 6.61 Å². The van der Waals surface area contributed by atoms with Gasteiger partial charge in [-0.2, -0.15) is 8.78 Å². The number of carbonyl (C=O) groups is 2. The fourth-order valence-corrected chi connectivity index (χ4v) is 2.13. The summed E-state index contributed by atoms with van der Waals surface area (Å²) in [5.74, 6) is -1.58. The van der Waals surface area contributed by atoms with Gasteiger partial charge in [0.2, 0.25) is 0 Å². The first-order valence-corrected chi connectivity index (χ1v) is 7.67. The van der Waals surface area contributed by atoms with Crippen LogP contribution < -0.4 is 19.3 Å². The number of allylic oxidation sites excluding steroid dienone is 1. The van der Waals surface area contributed by atoms with Gasteiger partial charge in [0.1, 0.15) is 12.4 Å². The molecule has 0 aliphatic rings. The number of hydrogen-bond acceptors (Lipinski definition) is 6. The lowest BCUT2D eigenvalue weighted by Crippen LogP contribution is -2.28. The van der Waals surface area contributed by atoms with Gasteiger partial charge in [0.05, 0.1) is 13.1 Å². The molecule has 142 valence electrons. The summed E-state index contributed by atoms with van der Waals surface area (Å²) in [6.45, 7) is -3.64. The molecule has 0 N–H and O–H groups in total. The van der Waals surface area contributed by atoms with Crippen molar-refractivity contribution in [1.29, 1.82) is 0 Å². The van der Waals surface area contributed by atoms with Crippen molar-refractivity contribution in [3.8, 4) is 17.2 Å². The first kappa shape index (κ1) is 19.9. The topological polar surface area (TPSA) is 84.9 Å². The Kier molecular flexibility index (Phi) is 6.87. The van der Waals surface area contributed by atoms with E-state index in [2.05, 4.69) is 4.74 Å². The second-order valence-corrected chi connectivity index (χ2v) is 5.17. The van der Waals surface area contributed by atoms with E-state index < -0.39 is 19.2 Å². The number of hydrogen-bond donors (Lipinski definition) is 0. The highest BCUT2D eigenvalue weighted by Crippen LogP contribution is 2.30. The van der Waals surface area contributed by atoms with Crippen LogP contribution in [0.25, 0.3) is 6.08 Å². The quantitative estimate of drug-likeness (QED) is 0.493. The molecule has 2 aromatic rings. The minimum Gasteiger partial charge on any atom is -0.546 e. The summed E-state index contributed by atoms with van der Waals surface area (Å²) in [5.41, 5.74) is 0.712. The van der Waals surface area contributed by atoms with E-state index >= 15 is 0 Å². The minimum absolute atomic E-state index is 0.136. The van der Waals surface area contributed by atoms with E-state index in [0.29, 0.717) is 5.56 Å². The molecule has 0 fully saturated rings. The minimum atomic E-state index is -3.01. The Morgan fingerprint density at radius 1 is 1.15 bits per heavy atom. The summed E-state index contributed by atoms with van der Waals surface area (Å²) in [6.07, 6.45) is 2.67. The average molecular weight is 377 g/mol. The molecule has 0 amide bonds. The number of ketones is 1. The number of halogens is 2. The number of carbonyl (C=O) groups excluding carboxylic acids is 2. The molecule has 27 heavy (non-hydrogen) atoms. The van der Waals surface area contributed by atoms with E-state index in [1.807, 2.05) is 0 Å². The number of carboxylic acids is 1. The number of rotatable bonds is 9. The third-order valence-corrected chi connectivity index (χ3v) is 3.31. The van der Waals surface area contributed by atoms with Crippen molar-refractivity contribution in [3.05, 3.63) is 59.7 Å². The number of ether oxygens (including phenoxy) is 3. The van der Waals surface area contributed by atoms with Crippen LogP contribution in [0.1, 0.15) is 15.9 Å². The van der Waals surface area contributed by atoms with Crippen LogP contribution in [0.15, 0.2) is 48.5 Å². The maximum absolute atomic E-state index is 12.5. The van der Waals surface area contributed by atoms with Crippen molar-refractivity contribution in [3.63, 3.8) is 0 Å². The van der Waals surface area contributed by atoms with E-state index in [4.69, 9.17) is 9.47 Å². The van der Waals surface area contributed by atoms with Crippen LogP contribution in [0.5, 0.6) is 17.2 Å². The van der Waals surface area contributed by atoms with Crippen LogP contribution >= 0.6 is 0 Å². The van der Waals surface area contributed by atoms with E-state index in [1.165, 1.54) is 55.7 Å². The summed E-state index contributed by atoms with van der Waals surface area (Å²) < 4.78 is 39.2. The molecule has 6 nitrogen and oxygen atoms in total. The number of alkyl halides is 2. The van der Waals surface area contributed by atoms with Gasteiger partial charge in [-0.15, -0.1) is 0 Å². The number of benzene rings is 2. The zero-order chi connectivity index (χ0) is 19.8. The SMILES string of the molecule is COc1ccc(/C=C/C(=O)c2cccc(OCC(=O)[O-])c2)cc1OC(F)F. The number of aliphatic carboxylic acids is 1. The van der Waals surface area contributed by atoms with Crippen molar-refractivity contribution in [2.24, 2.45) is 0 Å². The van der Waals surface area contributed by atoms with Gasteiger partial charge in [0.15, 0.2) is 17.3 Å². The van der Waals surface area contributed by atoms with E-state index in [0.717, 1.165) is 0 Å². The van der Waals surface area contributed by atoms with Crippen LogP contribution in [0.2, 0.25) is 0 Å². The standard InChI is InChI=1S/C19H16F2O6/c1-25-16-8-6-12(9-17(16)27-19(20)21)5-7-15(22)13-3-2-4-14(10-13)26-11-18(23)24/h2-10,19H,11H2,1H3,(H,23,24)/p-1/b7-5+. The van der Waals surface area contributed by atoms with E-state index in [1.54, 1.807) is 6.07 Å². The predicted molar refractivity (Wildman–Crippen MR) is 89.9 cm³/mol. The van der Waals surface area contributed by atoms with Crippen molar-refractivity contribution < 1.29 is 37.7 Å². The molecular formula is C19H15F2O6-. The zero-order valence-electron chi connectivity index (χ0n) is 14.2. The normalized spacial score (nSPS) is 10.8. The fraction of sp³-hybridized carbons (Fsp3) is 0.158. The summed E-state index contributed by atoms with van der Waals surface area (Å²) in [6, 6.07) is 10.3. The summed E-state index contributed by atoms with van der Waals surface area (Å²) in [4.78, 5) is 22.7. The Bertz CT molecular complexity index is 848. The highest BCUT2D eigenvalue weighted by atomic mass is 19.3. The Labute approximate surface area is 153 Å². The lowest BCUT2D eigenvalue weighted by atomic mass is 10.1. The van der Waals surface area contributed by atoms with Crippen LogP contribution in [0, 0.1) is 0 Å². The van der Waals surface area contributed by atoms with Gasteiger partial charge in [-0.1, -0.05) is 24.3 Å². The molecular weight excluding hydrogens is 362 g/mol. The Balaban J connectivity index is 2.14. The van der Waals surface area contributed by atoms with Crippen LogP contribution in [0.3, 0.4) is 0 Å². The first-order valence-electron chi connectivity index (χ1n) is 7.67. The maximum atomic E-state index is 12.5. The van der Waals surface area contributed by atoms with Gasteiger partial charge in [-0.05, 0) is 35.9 Å². The van der Waals surface area contributed by atoms with Crippen LogP contribution in [0.4, 0.5) is 8.78 Å². The average Bonchev–Trinajstić information content (AvgIpc) is 2.64. The third kappa shape index (κ3) is 6.10. The monoisotopic (exact) mass is 377 g/mol. The molecule has 0 spiro atoms. The van der Waals surface area contributed by atoms with Gasteiger partial charge < -0.3 is 24.1 Å². The number of carboxylic acid groups (broad SMARTS) is 1. The molecule has 2 rings (SSSR count). The first-order chi connectivity index (χ1) is 12.9. The molecule has 0 bridgehead atoms. The van der Waals surface area contributed by atoms with Gasteiger partial charge in [-0.3, -0.25) is 4.79 Å². The van der Waals surface area contributed by atoms with Gasteiger partial charge in [-0.25, -0.2) is 0 Å². The maximum Gasteiger partial charge on any atom is 0.387 e. The fourth-order valence-electron chi connectivity index (χ4n) is 2.13. The molecule has 0 unspecified atom stereocenters. The third-order valence-electron chi connectivity index (χ3n) is 3.31. The second-order valence-electron chi connectivity index (χ2n) is 5.17.